The Morgan fingerprint density at radius 2 is 1.41 bits per heavy atom. The van der Waals surface area contributed by atoms with E-state index in [9.17, 15) is 14.7 Å². The van der Waals surface area contributed by atoms with Gasteiger partial charge >= 0.3 is 5.97 Å². The Morgan fingerprint density at radius 1 is 0.949 bits per heavy atom. The average Bonchev–Trinajstić information content (AvgIpc) is 2.96. The second-order valence-corrected chi connectivity index (χ2v) is 11.0. The number of nitrogens with two attached hydrogens (primary N) is 1. The van der Waals surface area contributed by atoms with Crippen LogP contribution in [0.5, 0.6) is 0 Å². The number of rotatable bonds is 14. The van der Waals surface area contributed by atoms with Crippen molar-refractivity contribution in [1.82, 2.24) is 5.32 Å². The van der Waals surface area contributed by atoms with Crippen molar-refractivity contribution in [3.05, 3.63) is 120 Å². The molecule has 39 heavy (non-hydrogen) atoms. The van der Waals surface area contributed by atoms with Gasteiger partial charge in [-0.3, -0.25) is 9.59 Å². The van der Waals surface area contributed by atoms with E-state index in [4.69, 9.17) is 10.5 Å². The highest BCUT2D eigenvalue weighted by atomic mass is 32.2. The molecule has 0 spiro atoms. The smallest absolute Gasteiger partial charge is 0.308 e. The molecule has 7 heteroatoms. The molecule has 3 rings (SSSR count). The van der Waals surface area contributed by atoms with Crippen LogP contribution in [0.2, 0.25) is 0 Å². The van der Waals surface area contributed by atoms with Crippen molar-refractivity contribution in [1.29, 1.82) is 0 Å². The minimum absolute atomic E-state index is 0.0678. The molecule has 0 unspecified atom stereocenters. The molecule has 0 saturated carbocycles. The highest BCUT2D eigenvalue weighted by Crippen LogP contribution is 2.48. The van der Waals surface area contributed by atoms with Gasteiger partial charge in [-0.25, -0.2) is 0 Å². The first kappa shape index (κ1) is 30.2. The number of amides is 1. The van der Waals surface area contributed by atoms with Gasteiger partial charge in [0.1, 0.15) is 6.61 Å². The molecule has 3 atom stereocenters. The van der Waals surface area contributed by atoms with Gasteiger partial charge < -0.3 is 20.9 Å². The molecule has 1 amide bonds. The first-order valence-electron chi connectivity index (χ1n) is 13.1. The first-order chi connectivity index (χ1) is 18.8. The van der Waals surface area contributed by atoms with E-state index >= 15 is 0 Å². The van der Waals surface area contributed by atoms with Gasteiger partial charge in [-0.1, -0.05) is 117 Å². The van der Waals surface area contributed by atoms with Crippen molar-refractivity contribution in [3.63, 3.8) is 0 Å². The summed E-state index contributed by atoms with van der Waals surface area (Å²) in [5, 5.41) is 13.6. The Kier molecular flexibility index (Phi) is 11.3. The summed E-state index contributed by atoms with van der Waals surface area (Å²) in [5.41, 5.74) is 9.69. The van der Waals surface area contributed by atoms with E-state index in [0.717, 1.165) is 16.7 Å². The van der Waals surface area contributed by atoms with Crippen LogP contribution in [-0.2, 0) is 19.1 Å². The average molecular weight is 547 g/mol. The molecule has 0 aromatic heterocycles. The standard InChI is InChI=1S/C32H38N2O4S/c1-4-20-38-29(36)21-28(35)30(23(2)3)34-31(37)27(33)22-39-32(24-14-8-5-9-15-24,25-16-10-6-11-17-25)26-18-12-7-13-19-26/h4-19,23,27-28,30,35H,1,20-22,33H2,2-3H3,(H,34,37)/t27-,28+,30-/m1/s1. The van der Waals surface area contributed by atoms with Crippen molar-refractivity contribution in [2.24, 2.45) is 11.7 Å². The third-order valence-corrected chi connectivity index (χ3v) is 8.20. The second-order valence-electron chi connectivity index (χ2n) is 9.72. The maximum atomic E-state index is 13.3. The monoisotopic (exact) mass is 546 g/mol. The van der Waals surface area contributed by atoms with Crippen LogP contribution in [0.15, 0.2) is 104 Å². The number of nitrogens with one attached hydrogen (secondary N) is 1. The van der Waals surface area contributed by atoms with Crippen LogP contribution in [0.25, 0.3) is 0 Å². The summed E-state index contributed by atoms with van der Waals surface area (Å²) in [6, 6.07) is 29.1. The van der Waals surface area contributed by atoms with E-state index in [-0.39, 0.29) is 24.9 Å². The SMILES string of the molecule is C=CCOC(=O)C[C@H](O)[C@H](NC(=O)[C@H](N)CSC(c1ccccc1)(c1ccccc1)c1ccccc1)C(C)C. The number of hydrogen-bond donors (Lipinski definition) is 3. The molecule has 0 fully saturated rings. The molecule has 0 aliphatic rings. The minimum Gasteiger partial charge on any atom is -0.461 e. The van der Waals surface area contributed by atoms with E-state index < -0.39 is 28.9 Å². The second kappa shape index (κ2) is 14.7. The molecule has 0 saturated heterocycles. The predicted molar refractivity (Wildman–Crippen MR) is 158 cm³/mol. The fourth-order valence-electron chi connectivity index (χ4n) is 4.55. The summed E-state index contributed by atoms with van der Waals surface area (Å²) >= 11 is 1.60. The molecule has 6 nitrogen and oxygen atoms in total. The molecule has 0 radical (unpaired) electrons. The highest BCUT2D eigenvalue weighted by Gasteiger charge is 2.38. The van der Waals surface area contributed by atoms with Gasteiger partial charge in [0, 0.05) is 5.75 Å². The summed E-state index contributed by atoms with van der Waals surface area (Å²) in [6.45, 7) is 7.32. The first-order valence-corrected chi connectivity index (χ1v) is 14.1. The molecule has 0 aliphatic carbocycles. The van der Waals surface area contributed by atoms with E-state index in [1.165, 1.54) is 6.08 Å². The van der Waals surface area contributed by atoms with Crippen molar-refractivity contribution < 1.29 is 19.4 Å². The molecular formula is C32H38N2O4S. The predicted octanol–water partition coefficient (Wildman–Crippen LogP) is 4.66. The molecular weight excluding hydrogens is 508 g/mol. The Hall–Kier alpha value is -3.39. The number of aliphatic hydroxyl groups is 1. The fraction of sp³-hybridized carbons (Fsp3) is 0.312. The summed E-state index contributed by atoms with van der Waals surface area (Å²) in [4.78, 5) is 25.3. The summed E-state index contributed by atoms with van der Waals surface area (Å²) in [6.07, 6.45) is 0.117. The van der Waals surface area contributed by atoms with Crippen molar-refractivity contribution >= 4 is 23.6 Å². The quantitative estimate of drug-likeness (QED) is 0.154. The number of benzene rings is 3. The summed E-state index contributed by atoms with van der Waals surface area (Å²) in [5.74, 6) is -0.761. The minimum atomic E-state index is -1.11. The van der Waals surface area contributed by atoms with E-state index in [0.29, 0.717) is 5.75 Å². The van der Waals surface area contributed by atoms with Crippen LogP contribution in [0.4, 0.5) is 0 Å². The number of thioether (sulfide) groups is 1. The van der Waals surface area contributed by atoms with Crippen molar-refractivity contribution in [3.8, 4) is 0 Å². The van der Waals surface area contributed by atoms with Crippen molar-refractivity contribution in [2.45, 2.75) is 43.2 Å². The van der Waals surface area contributed by atoms with Crippen LogP contribution in [0.1, 0.15) is 37.0 Å². The number of carbonyl (C=O) groups is 2. The molecule has 206 valence electrons. The van der Waals surface area contributed by atoms with Gasteiger partial charge in [0.15, 0.2) is 0 Å². The number of esters is 1. The van der Waals surface area contributed by atoms with Gasteiger partial charge in [-0.05, 0) is 22.6 Å². The van der Waals surface area contributed by atoms with Crippen LogP contribution < -0.4 is 11.1 Å². The van der Waals surface area contributed by atoms with Crippen LogP contribution in [0, 0.1) is 5.92 Å². The maximum Gasteiger partial charge on any atom is 0.308 e. The van der Waals surface area contributed by atoms with Gasteiger partial charge in [0.05, 0.1) is 29.4 Å². The normalized spacial score (nSPS) is 13.8. The zero-order valence-electron chi connectivity index (χ0n) is 22.5. The van der Waals surface area contributed by atoms with Gasteiger partial charge in [0.2, 0.25) is 5.91 Å². The third-order valence-electron chi connectivity index (χ3n) is 6.54. The molecule has 0 aliphatic heterocycles. The zero-order valence-corrected chi connectivity index (χ0v) is 23.3. The number of hydrogen-bond acceptors (Lipinski definition) is 6. The van der Waals surface area contributed by atoms with Crippen molar-refractivity contribution in [2.75, 3.05) is 12.4 Å². The van der Waals surface area contributed by atoms with E-state index in [1.54, 1.807) is 11.8 Å². The topological polar surface area (TPSA) is 102 Å². The Labute approximate surface area is 235 Å². The third kappa shape index (κ3) is 7.82. The zero-order chi connectivity index (χ0) is 28.3. The fourth-order valence-corrected chi connectivity index (χ4v) is 6.04. The number of aliphatic hydroxyl groups excluding tert-OH is 1. The van der Waals surface area contributed by atoms with Crippen LogP contribution in [-0.4, -0.2) is 47.5 Å². The molecule has 0 heterocycles. The molecule has 3 aromatic rings. The largest absolute Gasteiger partial charge is 0.461 e. The van der Waals surface area contributed by atoms with E-state index in [2.05, 4.69) is 48.3 Å². The lowest BCUT2D eigenvalue weighted by Crippen LogP contribution is -2.53. The summed E-state index contributed by atoms with van der Waals surface area (Å²) in [7, 11) is 0. The lowest BCUT2D eigenvalue weighted by molar-refractivity contribution is -0.145. The van der Waals surface area contributed by atoms with E-state index in [1.807, 2.05) is 68.4 Å². The lowest BCUT2D eigenvalue weighted by Gasteiger charge is -2.36. The highest BCUT2D eigenvalue weighted by molar-refractivity contribution is 8.00. The van der Waals surface area contributed by atoms with Gasteiger partial charge in [-0.2, -0.15) is 0 Å². The number of carbonyl (C=O) groups excluding carboxylic acids is 2. The molecule has 0 bridgehead atoms. The van der Waals surface area contributed by atoms with Gasteiger partial charge in [-0.15, -0.1) is 11.8 Å². The number of ether oxygens (including phenoxy) is 1. The summed E-state index contributed by atoms with van der Waals surface area (Å²) < 4.78 is 4.38. The Morgan fingerprint density at radius 3 is 1.82 bits per heavy atom. The maximum absolute atomic E-state index is 13.3. The van der Waals surface area contributed by atoms with Crippen LogP contribution >= 0.6 is 11.8 Å². The lowest BCUT2D eigenvalue weighted by atomic mass is 9.84. The molecule has 3 aromatic carbocycles. The Balaban J connectivity index is 1.84. The Bertz CT molecular complexity index is 1090. The van der Waals surface area contributed by atoms with Gasteiger partial charge in [0.25, 0.3) is 0 Å². The molecule has 4 N–H and O–H groups in total. The van der Waals surface area contributed by atoms with Crippen LogP contribution in [0.3, 0.4) is 0 Å².